The number of aryl methyl sites for hydroxylation is 1. The maximum Gasteiger partial charge on any atom is 0.316 e. The number of aromatic nitrogens is 2. The molecule has 25 heavy (non-hydrogen) atoms. The lowest BCUT2D eigenvalue weighted by Gasteiger charge is -2.32. The Morgan fingerprint density at radius 1 is 1.28 bits per heavy atom. The molecule has 1 aliphatic heterocycles. The first kappa shape index (κ1) is 17.3. The van der Waals surface area contributed by atoms with Crippen LogP contribution in [0.4, 0.5) is 4.39 Å². The molecule has 1 aromatic heterocycles. The Hall–Kier alpha value is -2.50. The lowest BCUT2D eigenvalue weighted by molar-refractivity contribution is 0.0667. The van der Waals surface area contributed by atoms with Gasteiger partial charge in [0.05, 0.1) is 12.7 Å². The minimum absolute atomic E-state index is 0.0332. The van der Waals surface area contributed by atoms with Crippen molar-refractivity contribution in [3.05, 3.63) is 53.6 Å². The standard InChI is InChI=1S/C19H22FN3O2/c1-25-19-21-11-16(12-22-19)18(24)23-10-2-3-15(13-23)5-4-14-6-8-17(20)9-7-14/h6-9,11-12,15H,2-5,10,13H2,1H3/t15-/m1/s1. The normalized spacial score (nSPS) is 17.4. The van der Waals surface area contributed by atoms with Gasteiger partial charge in [-0.05, 0) is 49.3 Å². The SMILES string of the molecule is COc1ncc(C(=O)N2CCC[C@H](CCc3ccc(F)cc3)C2)cn1. The number of likely N-dealkylation sites (tertiary alicyclic amines) is 1. The van der Waals surface area contributed by atoms with E-state index in [4.69, 9.17) is 4.74 Å². The van der Waals surface area contributed by atoms with E-state index in [1.54, 1.807) is 0 Å². The number of benzene rings is 1. The van der Waals surface area contributed by atoms with Crippen molar-refractivity contribution in [2.45, 2.75) is 25.7 Å². The summed E-state index contributed by atoms with van der Waals surface area (Å²) in [7, 11) is 1.49. The first-order chi connectivity index (χ1) is 12.2. The monoisotopic (exact) mass is 343 g/mol. The van der Waals surface area contributed by atoms with Crippen LogP contribution >= 0.6 is 0 Å². The number of piperidine rings is 1. The summed E-state index contributed by atoms with van der Waals surface area (Å²) >= 11 is 0. The van der Waals surface area contributed by atoms with E-state index in [0.29, 0.717) is 11.5 Å². The molecule has 1 amide bonds. The van der Waals surface area contributed by atoms with Crippen molar-refractivity contribution in [3.8, 4) is 6.01 Å². The number of carbonyl (C=O) groups excluding carboxylic acids is 1. The van der Waals surface area contributed by atoms with Crippen LogP contribution in [-0.2, 0) is 6.42 Å². The van der Waals surface area contributed by atoms with Crippen molar-refractivity contribution < 1.29 is 13.9 Å². The molecule has 0 bridgehead atoms. The molecule has 1 saturated heterocycles. The average molecular weight is 343 g/mol. The lowest BCUT2D eigenvalue weighted by Crippen LogP contribution is -2.40. The van der Waals surface area contributed by atoms with E-state index in [1.165, 1.54) is 31.6 Å². The summed E-state index contributed by atoms with van der Waals surface area (Å²) in [5.41, 5.74) is 1.62. The van der Waals surface area contributed by atoms with Crippen molar-refractivity contribution in [3.63, 3.8) is 0 Å². The fourth-order valence-corrected chi connectivity index (χ4v) is 3.22. The molecular formula is C19H22FN3O2. The summed E-state index contributed by atoms with van der Waals surface area (Å²) in [5, 5.41) is 0. The Kier molecular flexibility index (Phi) is 5.58. The van der Waals surface area contributed by atoms with Gasteiger partial charge in [-0.25, -0.2) is 14.4 Å². The fourth-order valence-electron chi connectivity index (χ4n) is 3.22. The molecule has 3 rings (SSSR count). The topological polar surface area (TPSA) is 55.3 Å². The molecule has 2 aromatic rings. The van der Waals surface area contributed by atoms with Gasteiger partial charge in [-0.2, -0.15) is 0 Å². The summed E-state index contributed by atoms with van der Waals surface area (Å²) in [6.07, 6.45) is 7.03. The molecule has 0 N–H and O–H groups in total. The third kappa shape index (κ3) is 4.53. The molecule has 6 heteroatoms. The van der Waals surface area contributed by atoms with Gasteiger partial charge in [-0.3, -0.25) is 4.79 Å². The van der Waals surface area contributed by atoms with Crippen LogP contribution in [0.3, 0.4) is 0 Å². The van der Waals surface area contributed by atoms with Crippen molar-refractivity contribution in [2.75, 3.05) is 20.2 Å². The smallest absolute Gasteiger partial charge is 0.316 e. The summed E-state index contributed by atoms with van der Waals surface area (Å²) < 4.78 is 17.9. The number of ether oxygens (including phenoxy) is 1. The van der Waals surface area contributed by atoms with E-state index in [9.17, 15) is 9.18 Å². The molecule has 5 nitrogen and oxygen atoms in total. The van der Waals surface area contributed by atoms with Crippen LogP contribution in [0.15, 0.2) is 36.7 Å². The van der Waals surface area contributed by atoms with E-state index in [2.05, 4.69) is 9.97 Å². The van der Waals surface area contributed by atoms with E-state index in [-0.39, 0.29) is 17.7 Å². The highest BCUT2D eigenvalue weighted by Crippen LogP contribution is 2.23. The Bertz CT molecular complexity index is 704. The van der Waals surface area contributed by atoms with E-state index in [1.807, 2.05) is 17.0 Å². The zero-order valence-corrected chi connectivity index (χ0v) is 14.3. The zero-order valence-electron chi connectivity index (χ0n) is 14.3. The predicted molar refractivity (Wildman–Crippen MR) is 91.9 cm³/mol. The Balaban J connectivity index is 1.56. The van der Waals surface area contributed by atoms with Crippen molar-refractivity contribution in [2.24, 2.45) is 5.92 Å². The number of hydrogen-bond acceptors (Lipinski definition) is 4. The van der Waals surface area contributed by atoms with Crippen molar-refractivity contribution in [1.29, 1.82) is 0 Å². The molecule has 1 aromatic carbocycles. The number of carbonyl (C=O) groups is 1. The molecule has 1 fully saturated rings. The molecule has 0 unspecified atom stereocenters. The minimum atomic E-state index is -0.208. The second kappa shape index (κ2) is 8.05. The number of rotatable bonds is 5. The van der Waals surface area contributed by atoms with Gasteiger partial charge in [0.25, 0.3) is 5.91 Å². The summed E-state index contributed by atoms with van der Waals surface area (Å²) in [6.45, 7) is 1.50. The van der Waals surface area contributed by atoms with Gasteiger partial charge in [0.2, 0.25) is 0 Å². The van der Waals surface area contributed by atoms with Crippen LogP contribution in [0.2, 0.25) is 0 Å². The molecule has 0 aliphatic carbocycles. The fraction of sp³-hybridized carbons (Fsp3) is 0.421. The molecule has 132 valence electrons. The third-order valence-corrected chi connectivity index (χ3v) is 4.62. The maximum absolute atomic E-state index is 13.0. The lowest BCUT2D eigenvalue weighted by atomic mass is 9.91. The van der Waals surface area contributed by atoms with Gasteiger partial charge >= 0.3 is 6.01 Å². The second-order valence-electron chi connectivity index (χ2n) is 6.38. The number of halogens is 1. The predicted octanol–water partition coefficient (Wildman–Crippen LogP) is 3.11. The molecule has 1 aliphatic rings. The minimum Gasteiger partial charge on any atom is -0.467 e. The van der Waals surface area contributed by atoms with E-state index < -0.39 is 0 Å². The van der Waals surface area contributed by atoms with Gasteiger partial charge in [0, 0.05) is 25.5 Å². The number of hydrogen-bond donors (Lipinski definition) is 0. The van der Waals surface area contributed by atoms with Crippen LogP contribution in [-0.4, -0.2) is 41.0 Å². The third-order valence-electron chi connectivity index (χ3n) is 4.62. The van der Waals surface area contributed by atoms with E-state index >= 15 is 0 Å². The van der Waals surface area contributed by atoms with Crippen LogP contribution in [0.25, 0.3) is 0 Å². The van der Waals surface area contributed by atoms with Crippen molar-refractivity contribution in [1.82, 2.24) is 14.9 Å². The largest absolute Gasteiger partial charge is 0.467 e. The Morgan fingerprint density at radius 2 is 2.00 bits per heavy atom. The molecule has 0 saturated carbocycles. The van der Waals surface area contributed by atoms with Gasteiger partial charge in [-0.1, -0.05) is 12.1 Å². The highest BCUT2D eigenvalue weighted by molar-refractivity contribution is 5.93. The zero-order chi connectivity index (χ0) is 17.6. The second-order valence-corrected chi connectivity index (χ2v) is 6.38. The molecule has 0 radical (unpaired) electrons. The first-order valence-electron chi connectivity index (χ1n) is 8.55. The summed E-state index contributed by atoms with van der Waals surface area (Å²) in [6, 6.07) is 6.91. The van der Waals surface area contributed by atoms with Gasteiger partial charge in [0.1, 0.15) is 5.82 Å². The molecule has 0 spiro atoms. The molecule has 2 heterocycles. The van der Waals surface area contributed by atoms with Crippen LogP contribution in [0, 0.1) is 11.7 Å². The highest BCUT2D eigenvalue weighted by atomic mass is 19.1. The van der Waals surface area contributed by atoms with Gasteiger partial charge in [-0.15, -0.1) is 0 Å². The van der Waals surface area contributed by atoms with Crippen molar-refractivity contribution >= 4 is 5.91 Å². The Labute approximate surface area is 146 Å². The number of methoxy groups -OCH3 is 1. The number of amides is 1. The number of nitrogens with zero attached hydrogens (tertiary/aromatic N) is 3. The molecule has 1 atom stereocenters. The van der Waals surface area contributed by atoms with Crippen LogP contribution in [0.5, 0.6) is 6.01 Å². The average Bonchev–Trinajstić information content (AvgIpc) is 2.67. The maximum atomic E-state index is 13.0. The van der Waals surface area contributed by atoms with Crippen LogP contribution < -0.4 is 4.74 Å². The summed E-state index contributed by atoms with van der Waals surface area (Å²) in [5.74, 6) is 0.218. The first-order valence-corrected chi connectivity index (χ1v) is 8.55. The Morgan fingerprint density at radius 3 is 2.68 bits per heavy atom. The molecular weight excluding hydrogens is 321 g/mol. The van der Waals surface area contributed by atoms with E-state index in [0.717, 1.165) is 44.3 Å². The highest BCUT2D eigenvalue weighted by Gasteiger charge is 2.24. The quantitative estimate of drug-likeness (QED) is 0.837. The van der Waals surface area contributed by atoms with Gasteiger partial charge < -0.3 is 9.64 Å². The van der Waals surface area contributed by atoms with Gasteiger partial charge in [0.15, 0.2) is 0 Å². The van der Waals surface area contributed by atoms with Crippen LogP contribution in [0.1, 0.15) is 35.2 Å². The summed E-state index contributed by atoms with van der Waals surface area (Å²) in [4.78, 5) is 22.5.